The third-order valence-electron chi connectivity index (χ3n) is 5.31. The molecule has 1 aliphatic rings. The van der Waals surface area contributed by atoms with Crippen LogP contribution in [0.5, 0.6) is 5.75 Å². The van der Waals surface area contributed by atoms with Crippen molar-refractivity contribution in [1.29, 1.82) is 0 Å². The predicted molar refractivity (Wildman–Crippen MR) is 118 cm³/mol. The lowest BCUT2D eigenvalue weighted by Crippen LogP contribution is -2.25. The van der Waals surface area contributed by atoms with Crippen LogP contribution in [0.3, 0.4) is 0 Å². The number of pyridine rings is 2. The van der Waals surface area contributed by atoms with Crippen LogP contribution in [0.1, 0.15) is 40.5 Å². The van der Waals surface area contributed by atoms with Crippen LogP contribution in [-0.4, -0.2) is 31.8 Å². The molecule has 3 aromatic heterocycles. The second kappa shape index (κ2) is 8.60. The van der Waals surface area contributed by atoms with Crippen LogP contribution >= 0.6 is 11.6 Å². The van der Waals surface area contributed by atoms with E-state index >= 15 is 0 Å². The standard InChI is InChI=1S/C23H17ClF3N5O2/c24-16-5-6-19(29-11-16)32-20(31-18-2-1-7-28-21(18)32)12-30-22(33)15-8-14(13-3-4-13)9-17(10-15)34-23(25,26)27/h1-2,5-11,13H,3-4,12H2,(H,30,33). The van der Waals surface area contributed by atoms with E-state index < -0.39 is 18.0 Å². The first-order valence-corrected chi connectivity index (χ1v) is 10.8. The SMILES string of the molecule is O=C(NCc1nc2cccnc2n1-c1ccc(Cl)cn1)c1cc(OC(F)(F)F)cc(C2CC2)c1. The number of alkyl halides is 3. The number of benzene rings is 1. The van der Waals surface area contributed by atoms with Gasteiger partial charge in [-0.15, -0.1) is 13.2 Å². The summed E-state index contributed by atoms with van der Waals surface area (Å²) in [4.78, 5) is 26.1. The molecular formula is C23H17ClF3N5O2. The summed E-state index contributed by atoms with van der Waals surface area (Å²) in [5.74, 6) is 0.122. The quantitative estimate of drug-likeness (QED) is 0.405. The summed E-state index contributed by atoms with van der Waals surface area (Å²) in [6.45, 7) is -0.0113. The Labute approximate surface area is 196 Å². The van der Waals surface area contributed by atoms with E-state index in [4.69, 9.17) is 11.6 Å². The van der Waals surface area contributed by atoms with Crippen molar-refractivity contribution in [1.82, 2.24) is 24.8 Å². The van der Waals surface area contributed by atoms with E-state index in [-0.39, 0.29) is 18.0 Å². The second-order valence-electron chi connectivity index (χ2n) is 7.84. The molecule has 5 rings (SSSR count). The number of nitrogens with one attached hydrogen (secondary N) is 1. The maximum Gasteiger partial charge on any atom is 0.573 e. The Morgan fingerprint density at radius 1 is 1.18 bits per heavy atom. The molecule has 4 aromatic rings. The maximum absolute atomic E-state index is 12.9. The smallest absolute Gasteiger partial charge is 0.406 e. The summed E-state index contributed by atoms with van der Waals surface area (Å²) in [5, 5.41) is 3.20. The van der Waals surface area contributed by atoms with E-state index in [1.165, 1.54) is 12.3 Å². The van der Waals surface area contributed by atoms with Gasteiger partial charge in [-0.1, -0.05) is 11.6 Å². The van der Waals surface area contributed by atoms with E-state index in [1.54, 1.807) is 41.1 Å². The van der Waals surface area contributed by atoms with E-state index in [0.29, 0.717) is 33.4 Å². The molecule has 0 spiro atoms. The number of aromatic nitrogens is 4. The monoisotopic (exact) mass is 487 g/mol. The Morgan fingerprint density at radius 2 is 2.00 bits per heavy atom. The lowest BCUT2D eigenvalue weighted by Gasteiger charge is -2.13. The van der Waals surface area contributed by atoms with Crippen molar-refractivity contribution in [3.05, 3.63) is 76.8 Å². The zero-order chi connectivity index (χ0) is 23.9. The van der Waals surface area contributed by atoms with Crippen LogP contribution in [0.4, 0.5) is 13.2 Å². The highest BCUT2D eigenvalue weighted by Gasteiger charge is 2.33. The average molecular weight is 488 g/mol. The molecule has 0 bridgehead atoms. The summed E-state index contributed by atoms with van der Waals surface area (Å²) in [6.07, 6.45) is -0.0213. The van der Waals surface area contributed by atoms with Crippen molar-refractivity contribution in [3.8, 4) is 11.6 Å². The molecule has 11 heteroatoms. The number of carbonyl (C=O) groups excluding carboxylic acids is 1. The lowest BCUT2D eigenvalue weighted by atomic mass is 10.1. The number of hydrogen-bond acceptors (Lipinski definition) is 5. The van der Waals surface area contributed by atoms with Crippen molar-refractivity contribution >= 4 is 28.7 Å². The Kier molecular flexibility index (Phi) is 5.60. The van der Waals surface area contributed by atoms with Crippen molar-refractivity contribution in [2.45, 2.75) is 31.7 Å². The summed E-state index contributed by atoms with van der Waals surface area (Å²) < 4.78 is 44.1. The van der Waals surface area contributed by atoms with E-state index in [9.17, 15) is 18.0 Å². The minimum Gasteiger partial charge on any atom is -0.406 e. The third-order valence-corrected chi connectivity index (χ3v) is 5.53. The number of halogens is 4. The number of ether oxygens (including phenoxy) is 1. The van der Waals surface area contributed by atoms with Crippen LogP contribution in [-0.2, 0) is 6.54 Å². The van der Waals surface area contributed by atoms with Crippen LogP contribution < -0.4 is 10.1 Å². The zero-order valence-electron chi connectivity index (χ0n) is 17.5. The molecule has 7 nitrogen and oxygen atoms in total. The maximum atomic E-state index is 12.9. The lowest BCUT2D eigenvalue weighted by molar-refractivity contribution is -0.274. The zero-order valence-corrected chi connectivity index (χ0v) is 18.3. The highest BCUT2D eigenvalue weighted by atomic mass is 35.5. The van der Waals surface area contributed by atoms with Gasteiger partial charge in [0.15, 0.2) is 5.65 Å². The van der Waals surface area contributed by atoms with E-state index in [1.807, 2.05) is 0 Å². The number of nitrogens with zero attached hydrogens (tertiary/aromatic N) is 4. The van der Waals surface area contributed by atoms with Crippen LogP contribution in [0.15, 0.2) is 54.9 Å². The van der Waals surface area contributed by atoms with Crippen LogP contribution in [0.25, 0.3) is 17.0 Å². The number of carbonyl (C=O) groups is 1. The number of imidazole rings is 1. The fourth-order valence-electron chi connectivity index (χ4n) is 3.68. The Bertz CT molecular complexity index is 1370. The highest BCUT2D eigenvalue weighted by molar-refractivity contribution is 6.30. The first-order chi connectivity index (χ1) is 16.3. The number of rotatable bonds is 6. The fraction of sp³-hybridized carbons (Fsp3) is 0.217. The third kappa shape index (κ3) is 4.81. The molecule has 1 saturated carbocycles. The molecule has 1 fully saturated rings. The molecule has 0 unspecified atom stereocenters. The molecule has 1 aromatic carbocycles. The Morgan fingerprint density at radius 3 is 2.71 bits per heavy atom. The van der Waals surface area contributed by atoms with Gasteiger partial charge in [-0.05, 0) is 66.8 Å². The van der Waals surface area contributed by atoms with Gasteiger partial charge in [0.25, 0.3) is 5.91 Å². The first-order valence-electron chi connectivity index (χ1n) is 10.4. The normalized spacial score (nSPS) is 13.8. The molecule has 1 amide bonds. The summed E-state index contributed by atoms with van der Waals surface area (Å²) in [5.41, 5.74) is 1.86. The van der Waals surface area contributed by atoms with E-state index in [2.05, 4.69) is 25.0 Å². The molecule has 174 valence electrons. The fourth-order valence-corrected chi connectivity index (χ4v) is 3.79. The molecular weight excluding hydrogens is 471 g/mol. The summed E-state index contributed by atoms with van der Waals surface area (Å²) >= 11 is 5.95. The van der Waals surface area contributed by atoms with Gasteiger partial charge in [-0.2, -0.15) is 0 Å². The number of amides is 1. The van der Waals surface area contributed by atoms with Gasteiger partial charge in [0.2, 0.25) is 0 Å². The molecule has 0 atom stereocenters. The van der Waals surface area contributed by atoms with Crippen LogP contribution in [0, 0.1) is 0 Å². The van der Waals surface area contributed by atoms with Crippen molar-refractivity contribution in [2.75, 3.05) is 0 Å². The number of fused-ring (bicyclic) bond motifs is 1. The summed E-state index contributed by atoms with van der Waals surface area (Å²) in [7, 11) is 0. The highest BCUT2D eigenvalue weighted by Crippen LogP contribution is 2.42. The summed E-state index contributed by atoms with van der Waals surface area (Å²) in [6, 6.07) is 10.9. The molecule has 1 N–H and O–H groups in total. The van der Waals surface area contributed by atoms with Gasteiger partial charge in [0, 0.05) is 18.0 Å². The van der Waals surface area contributed by atoms with Gasteiger partial charge in [-0.3, -0.25) is 9.36 Å². The molecule has 34 heavy (non-hydrogen) atoms. The van der Waals surface area contributed by atoms with Gasteiger partial charge in [0.1, 0.15) is 22.9 Å². The second-order valence-corrected chi connectivity index (χ2v) is 8.28. The van der Waals surface area contributed by atoms with Gasteiger partial charge in [-0.25, -0.2) is 15.0 Å². The van der Waals surface area contributed by atoms with E-state index in [0.717, 1.165) is 18.9 Å². The predicted octanol–water partition coefficient (Wildman–Crippen LogP) is 5.17. The topological polar surface area (TPSA) is 81.9 Å². The minimum atomic E-state index is -4.85. The van der Waals surface area contributed by atoms with Gasteiger partial charge in [0.05, 0.1) is 11.6 Å². The largest absolute Gasteiger partial charge is 0.573 e. The molecule has 0 radical (unpaired) electrons. The van der Waals surface area contributed by atoms with Crippen molar-refractivity contribution < 1.29 is 22.7 Å². The van der Waals surface area contributed by atoms with Crippen LogP contribution in [0.2, 0.25) is 5.02 Å². The molecule has 0 saturated heterocycles. The molecule has 1 aliphatic carbocycles. The van der Waals surface area contributed by atoms with Crippen molar-refractivity contribution in [3.63, 3.8) is 0 Å². The van der Waals surface area contributed by atoms with Gasteiger partial charge >= 0.3 is 6.36 Å². The Balaban J connectivity index is 1.43. The first kappa shape index (κ1) is 22.1. The Hall–Kier alpha value is -3.66. The molecule has 3 heterocycles. The molecule has 0 aliphatic heterocycles. The minimum absolute atomic E-state index is 0.0113. The average Bonchev–Trinajstić information content (AvgIpc) is 3.58. The van der Waals surface area contributed by atoms with Gasteiger partial charge < -0.3 is 10.1 Å². The van der Waals surface area contributed by atoms with Crippen molar-refractivity contribution in [2.24, 2.45) is 0 Å². The number of hydrogen-bond donors (Lipinski definition) is 1.